The molecule has 0 fully saturated rings. The third kappa shape index (κ3) is 1.08. The van der Waals surface area contributed by atoms with Crippen molar-refractivity contribution >= 4 is 16.5 Å². The summed E-state index contributed by atoms with van der Waals surface area (Å²) in [6, 6.07) is 8.27. The highest BCUT2D eigenvalue weighted by molar-refractivity contribution is 5.94. The molecule has 2 aromatic rings. The van der Waals surface area contributed by atoms with E-state index in [0.29, 0.717) is 10.8 Å². The number of hydrogen-bond donors (Lipinski definition) is 2. The average molecular weight is 189 g/mol. The lowest BCUT2D eigenvalue weighted by atomic mass is 10.1. The maximum Gasteiger partial charge on any atom is 0.191 e. The Morgan fingerprint density at radius 3 is 2.57 bits per heavy atom. The van der Waals surface area contributed by atoms with Gasteiger partial charge in [0.15, 0.2) is 11.4 Å². The summed E-state index contributed by atoms with van der Waals surface area (Å²) in [6.45, 7) is 0. The van der Waals surface area contributed by atoms with Crippen molar-refractivity contribution in [2.45, 2.75) is 0 Å². The number of fused-ring (bicyclic) bond motifs is 1. The molecule has 0 heterocycles. The van der Waals surface area contributed by atoms with Gasteiger partial charge in [-0.25, -0.2) is 0 Å². The average Bonchev–Trinajstić information content (AvgIpc) is 2.18. The van der Waals surface area contributed by atoms with E-state index >= 15 is 0 Å². The predicted octanol–water partition coefficient (Wildman–Crippen LogP) is 2.65. The standard InChI is InChI=1S/C10H7NO3/c12-8-5-6-3-1-2-4-7(6)10(13)9(8)11-14/h1-5,12-13H. The molecule has 0 saturated carbocycles. The molecule has 0 aliphatic rings. The summed E-state index contributed by atoms with van der Waals surface area (Å²) in [5.74, 6) is -0.591. The Labute approximate surface area is 79.4 Å². The van der Waals surface area contributed by atoms with Crippen LogP contribution in [0.3, 0.4) is 0 Å². The van der Waals surface area contributed by atoms with Crippen molar-refractivity contribution < 1.29 is 10.2 Å². The summed E-state index contributed by atoms with van der Waals surface area (Å²) in [6.07, 6.45) is 0. The quantitative estimate of drug-likeness (QED) is 0.677. The Kier molecular flexibility index (Phi) is 1.81. The molecule has 0 aliphatic carbocycles. The van der Waals surface area contributed by atoms with Gasteiger partial charge >= 0.3 is 0 Å². The zero-order valence-electron chi connectivity index (χ0n) is 7.14. The van der Waals surface area contributed by atoms with Gasteiger partial charge in [0.1, 0.15) is 5.75 Å². The van der Waals surface area contributed by atoms with Gasteiger partial charge in [0.2, 0.25) is 0 Å². The molecule has 0 aliphatic heterocycles. The second kappa shape index (κ2) is 2.99. The Morgan fingerprint density at radius 1 is 1.14 bits per heavy atom. The van der Waals surface area contributed by atoms with Crippen LogP contribution < -0.4 is 0 Å². The molecule has 14 heavy (non-hydrogen) atoms. The van der Waals surface area contributed by atoms with E-state index in [9.17, 15) is 15.1 Å². The van der Waals surface area contributed by atoms with Crippen LogP contribution in [0.15, 0.2) is 35.5 Å². The predicted molar refractivity (Wildman–Crippen MR) is 52.7 cm³/mol. The maximum absolute atomic E-state index is 10.3. The molecular weight excluding hydrogens is 182 g/mol. The van der Waals surface area contributed by atoms with Crippen LogP contribution in [0.1, 0.15) is 0 Å². The molecule has 0 saturated heterocycles. The zero-order valence-corrected chi connectivity index (χ0v) is 7.14. The smallest absolute Gasteiger partial charge is 0.191 e. The zero-order chi connectivity index (χ0) is 10.1. The monoisotopic (exact) mass is 189 g/mol. The number of phenols is 2. The van der Waals surface area contributed by atoms with Crippen molar-refractivity contribution in [3.63, 3.8) is 0 Å². The molecule has 2 rings (SSSR count). The van der Waals surface area contributed by atoms with Crippen molar-refractivity contribution in [1.82, 2.24) is 0 Å². The van der Waals surface area contributed by atoms with Crippen LogP contribution in [-0.2, 0) is 0 Å². The van der Waals surface area contributed by atoms with Crippen LogP contribution in [0, 0.1) is 4.91 Å². The number of benzene rings is 2. The molecule has 0 atom stereocenters. The molecule has 4 nitrogen and oxygen atoms in total. The molecule has 70 valence electrons. The minimum absolute atomic E-state index is 0.282. The van der Waals surface area contributed by atoms with Gasteiger partial charge in [-0.3, -0.25) is 0 Å². The first-order valence-electron chi connectivity index (χ1n) is 4.01. The van der Waals surface area contributed by atoms with E-state index in [1.54, 1.807) is 24.3 Å². The Hall–Kier alpha value is -2.10. The van der Waals surface area contributed by atoms with Crippen molar-refractivity contribution in [3.8, 4) is 11.5 Å². The normalized spacial score (nSPS) is 10.3. The summed E-state index contributed by atoms with van der Waals surface area (Å²) in [4.78, 5) is 10.3. The number of rotatable bonds is 1. The van der Waals surface area contributed by atoms with Gasteiger partial charge in [-0.1, -0.05) is 24.3 Å². The molecule has 4 heteroatoms. The fraction of sp³-hybridized carbons (Fsp3) is 0. The summed E-state index contributed by atoms with van der Waals surface area (Å²) in [5, 5.41) is 22.6. The topological polar surface area (TPSA) is 69.9 Å². The van der Waals surface area contributed by atoms with Crippen molar-refractivity contribution in [3.05, 3.63) is 35.2 Å². The van der Waals surface area contributed by atoms with Gasteiger partial charge in [0.05, 0.1) is 0 Å². The second-order valence-electron chi connectivity index (χ2n) is 2.91. The molecular formula is C10H7NO3. The van der Waals surface area contributed by atoms with Gasteiger partial charge in [-0.2, -0.15) is 0 Å². The van der Waals surface area contributed by atoms with Crippen LogP contribution in [-0.4, -0.2) is 10.2 Å². The van der Waals surface area contributed by atoms with Crippen LogP contribution in [0.4, 0.5) is 5.69 Å². The van der Waals surface area contributed by atoms with E-state index in [0.717, 1.165) is 0 Å². The van der Waals surface area contributed by atoms with E-state index in [1.807, 2.05) is 0 Å². The fourth-order valence-electron chi connectivity index (χ4n) is 1.39. The van der Waals surface area contributed by atoms with E-state index in [-0.39, 0.29) is 17.2 Å². The van der Waals surface area contributed by atoms with Crippen molar-refractivity contribution in [2.24, 2.45) is 5.18 Å². The van der Waals surface area contributed by atoms with Crippen molar-refractivity contribution in [1.29, 1.82) is 0 Å². The first kappa shape index (κ1) is 8.50. The number of aromatic hydroxyl groups is 2. The number of phenolic OH excluding ortho intramolecular Hbond substituents is 2. The van der Waals surface area contributed by atoms with Crippen LogP contribution in [0.2, 0.25) is 0 Å². The minimum atomic E-state index is -0.316. The third-order valence-electron chi connectivity index (χ3n) is 2.07. The SMILES string of the molecule is O=Nc1c(O)cc2ccccc2c1O. The number of nitrogens with zero attached hydrogens (tertiary/aromatic N) is 1. The summed E-state index contributed by atoms with van der Waals surface area (Å²) < 4.78 is 0. The van der Waals surface area contributed by atoms with E-state index in [1.165, 1.54) is 6.07 Å². The van der Waals surface area contributed by atoms with Crippen LogP contribution in [0.5, 0.6) is 11.5 Å². The van der Waals surface area contributed by atoms with Gasteiger partial charge in [-0.05, 0) is 16.6 Å². The number of nitroso groups, excluding NO2 is 1. The third-order valence-corrected chi connectivity index (χ3v) is 2.07. The van der Waals surface area contributed by atoms with E-state index < -0.39 is 0 Å². The van der Waals surface area contributed by atoms with E-state index in [4.69, 9.17) is 0 Å². The molecule has 0 radical (unpaired) electrons. The Balaban J connectivity index is 2.92. The van der Waals surface area contributed by atoms with Crippen LogP contribution in [0.25, 0.3) is 10.8 Å². The van der Waals surface area contributed by atoms with Gasteiger partial charge in [0.25, 0.3) is 0 Å². The maximum atomic E-state index is 10.3. The Bertz CT molecular complexity index is 508. The minimum Gasteiger partial charge on any atom is -0.505 e. The lowest BCUT2D eigenvalue weighted by molar-refractivity contribution is 0.458. The first-order valence-corrected chi connectivity index (χ1v) is 4.01. The number of hydrogen-bond acceptors (Lipinski definition) is 4. The molecule has 0 bridgehead atoms. The fourth-order valence-corrected chi connectivity index (χ4v) is 1.39. The molecule has 0 spiro atoms. The highest BCUT2D eigenvalue weighted by Gasteiger charge is 2.11. The molecule has 0 aromatic heterocycles. The molecule has 0 amide bonds. The summed E-state index contributed by atoms with van der Waals surface area (Å²) >= 11 is 0. The summed E-state index contributed by atoms with van der Waals surface area (Å²) in [7, 11) is 0. The van der Waals surface area contributed by atoms with Crippen LogP contribution >= 0.6 is 0 Å². The van der Waals surface area contributed by atoms with Crippen molar-refractivity contribution in [2.75, 3.05) is 0 Å². The lowest BCUT2D eigenvalue weighted by Gasteiger charge is -2.03. The molecule has 0 unspecified atom stereocenters. The van der Waals surface area contributed by atoms with E-state index in [2.05, 4.69) is 5.18 Å². The molecule has 2 N–H and O–H groups in total. The lowest BCUT2D eigenvalue weighted by Crippen LogP contribution is -1.76. The molecule has 2 aromatic carbocycles. The van der Waals surface area contributed by atoms with Gasteiger partial charge < -0.3 is 10.2 Å². The van der Waals surface area contributed by atoms with Gasteiger partial charge in [0, 0.05) is 5.39 Å². The second-order valence-corrected chi connectivity index (χ2v) is 2.91. The highest BCUT2D eigenvalue weighted by atomic mass is 16.3. The largest absolute Gasteiger partial charge is 0.505 e. The Morgan fingerprint density at radius 2 is 1.86 bits per heavy atom. The first-order chi connectivity index (χ1) is 6.74. The van der Waals surface area contributed by atoms with Gasteiger partial charge in [-0.15, -0.1) is 4.91 Å². The highest BCUT2D eigenvalue weighted by Crippen LogP contribution is 2.41. The summed E-state index contributed by atoms with van der Waals surface area (Å²) in [5.41, 5.74) is -0.316.